The van der Waals surface area contributed by atoms with Crippen LogP contribution in [0.15, 0.2) is 27.7 Å². The van der Waals surface area contributed by atoms with E-state index in [4.69, 9.17) is 0 Å². The number of anilines is 1. The monoisotopic (exact) mass is 266 g/mol. The molecular formula is C12H15BrN2. The number of halogens is 1. The van der Waals surface area contributed by atoms with Crippen LogP contribution >= 0.6 is 15.9 Å². The van der Waals surface area contributed by atoms with Crippen molar-refractivity contribution in [3.63, 3.8) is 0 Å². The van der Waals surface area contributed by atoms with Crippen molar-refractivity contribution in [2.24, 2.45) is 4.99 Å². The highest BCUT2D eigenvalue weighted by Crippen LogP contribution is 2.24. The Hall–Kier alpha value is -0.830. The number of hydrogen-bond acceptors (Lipinski definition) is 2. The number of hydrogen-bond donors (Lipinski definition) is 1. The van der Waals surface area contributed by atoms with Crippen molar-refractivity contribution < 1.29 is 0 Å². The second-order valence-corrected chi connectivity index (χ2v) is 4.75. The van der Waals surface area contributed by atoms with E-state index in [-0.39, 0.29) is 0 Å². The van der Waals surface area contributed by atoms with Crippen LogP contribution in [-0.4, -0.2) is 12.4 Å². The second-order valence-electron chi connectivity index (χ2n) is 3.89. The number of nitrogens with zero attached hydrogens (tertiary/aromatic N) is 1. The highest BCUT2D eigenvalue weighted by atomic mass is 79.9. The maximum atomic E-state index is 4.47. The molecule has 1 aliphatic heterocycles. The molecule has 1 heterocycles. The molecular weight excluding hydrogens is 252 g/mol. The molecule has 2 rings (SSSR count). The summed E-state index contributed by atoms with van der Waals surface area (Å²) in [5, 5.41) is 3.38. The second kappa shape index (κ2) is 4.79. The standard InChI is InChI=1S/C12H15BrN2/c1-9-5-6-11(10(13)8-9)15-12-4-2-3-7-14-12/h5-6,8H,2-4,7H2,1H3,(H,14,15). The quantitative estimate of drug-likeness (QED) is 0.823. The highest BCUT2D eigenvalue weighted by molar-refractivity contribution is 9.10. The Bertz CT molecular complexity index is 385. The summed E-state index contributed by atoms with van der Waals surface area (Å²) >= 11 is 3.56. The van der Waals surface area contributed by atoms with Gasteiger partial charge in [-0.1, -0.05) is 6.07 Å². The zero-order valence-corrected chi connectivity index (χ0v) is 10.5. The summed E-state index contributed by atoms with van der Waals surface area (Å²) in [7, 11) is 0. The van der Waals surface area contributed by atoms with Gasteiger partial charge in [-0.05, 0) is 53.4 Å². The van der Waals surface area contributed by atoms with Gasteiger partial charge in [0.2, 0.25) is 0 Å². The molecule has 0 radical (unpaired) electrons. The number of aryl methyl sites for hydroxylation is 1. The highest BCUT2D eigenvalue weighted by Gasteiger charge is 2.07. The summed E-state index contributed by atoms with van der Waals surface area (Å²) in [5.74, 6) is 1.12. The number of aliphatic imine (C=N–C) groups is 1. The van der Waals surface area contributed by atoms with Gasteiger partial charge in [-0.3, -0.25) is 4.99 Å². The van der Waals surface area contributed by atoms with E-state index < -0.39 is 0 Å². The minimum Gasteiger partial charge on any atom is -0.343 e. The number of nitrogens with one attached hydrogen (secondary N) is 1. The Morgan fingerprint density at radius 1 is 1.33 bits per heavy atom. The van der Waals surface area contributed by atoms with Gasteiger partial charge in [0.15, 0.2) is 0 Å². The van der Waals surface area contributed by atoms with Gasteiger partial charge in [0.1, 0.15) is 5.84 Å². The van der Waals surface area contributed by atoms with E-state index in [1.807, 2.05) is 0 Å². The van der Waals surface area contributed by atoms with Crippen LogP contribution in [0.25, 0.3) is 0 Å². The van der Waals surface area contributed by atoms with Crippen LogP contribution in [0.1, 0.15) is 24.8 Å². The first-order valence-electron chi connectivity index (χ1n) is 5.32. The van der Waals surface area contributed by atoms with Crippen molar-refractivity contribution in [3.8, 4) is 0 Å². The molecule has 0 spiro atoms. The molecule has 0 amide bonds. The first kappa shape index (κ1) is 10.7. The van der Waals surface area contributed by atoms with E-state index >= 15 is 0 Å². The molecule has 1 aliphatic rings. The third kappa shape index (κ3) is 2.81. The minimum absolute atomic E-state index is 0.964. The van der Waals surface area contributed by atoms with Crippen molar-refractivity contribution in [2.45, 2.75) is 26.2 Å². The molecule has 80 valence electrons. The Kier molecular flexibility index (Phi) is 3.41. The molecule has 0 unspecified atom stereocenters. The first-order chi connectivity index (χ1) is 7.25. The molecule has 15 heavy (non-hydrogen) atoms. The topological polar surface area (TPSA) is 24.4 Å². The molecule has 2 nitrogen and oxygen atoms in total. The van der Waals surface area contributed by atoms with Crippen molar-refractivity contribution in [3.05, 3.63) is 28.2 Å². The smallest absolute Gasteiger partial charge is 0.101 e. The van der Waals surface area contributed by atoms with E-state index in [1.54, 1.807) is 0 Å². The Balaban J connectivity index is 2.13. The molecule has 0 aliphatic carbocycles. The molecule has 0 bridgehead atoms. The number of amidine groups is 1. The fraction of sp³-hybridized carbons (Fsp3) is 0.417. The molecule has 1 aromatic carbocycles. The van der Waals surface area contributed by atoms with Gasteiger partial charge in [0.25, 0.3) is 0 Å². The normalized spacial score (nSPS) is 16.0. The van der Waals surface area contributed by atoms with Crippen LogP contribution in [0, 0.1) is 6.92 Å². The van der Waals surface area contributed by atoms with Crippen molar-refractivity contribution >= 4 is 27.5 Å². The minimum atomic E-state index is 0.964. The largest absolute Gasteiger partial charge is 0.343 e. The maximum absolute atomic E-state index is 4.47. The van der Waals surface area contributed by atoms with E-state index in [1.165, 1.54) is 18.4 Å². The average molecular weight is 267 g/mol. The Labute approximate surface area is 98.9 Å². The van der Waals surface area contributed by atoms with Crippen LogP contribution in [0.2, 0.25) is 0 Å². The fourth-order valence-electron chi connectivity index (χ4n) is 1.68. The van der Waals surface area contributed by atoms with E-state index in [0.29, 0.717) is 0 Å². The van der Waals surface area contributed by atoms with Gasteiger partial charge in [-0.15, -0.1) is 0 Å². The maximum Gasteiger partial charge on any atom is 0.101 e. The SMILES string of the molecule is Cc1ccc(NC2=NCCCC2)c(Br)c1. The zero-order valence-electron chi connectivity index (χ0n) is 8.89. The van der Waals surface area contributed by atoms with E-state index in [9.17, 15) is 0 Å². The third-order valence-electron chi connectivity index (χ3n) is 2.53. The van der Waals surface area contributed by atoms with Crippen LogP contribution < -0.4 is 5.32 Å². The fourth-order valence-corrected chi connectivity index (χ4v) is 2.27. The van der Waals surface area contributed by atoms with Crippen LogP contribution in [0.5, 0.6) is 0 Å². The summed E-state index contributed by atoms with van der Waals surface area (Å²) in [6, 6.07) is 6.32. The van der Waals surface area contributed by atoms with Crippen LogP contribution in [0.4, 0.5) is 5.69 Å². The molecule has 1 aromatic rings. The predicted molar refractivity (Wildman–Crippen MR) is 68.7 cm³/mol. The van der Waals surface area contributed by atoms with Gasteiger partial charge in [-0.25, -0.2) is 0 Å². The molecule has 0 saturated heterocycles. The lowest BCUT2D eigenvalue weighted by molar-refractivity contribution is 0.737. The summed E-state index contributed by atoms with van der Waals surface area (Å²) in [6.07, 6.45) is 3.54. The van der Waals surface area contributed by atoms with Gasteiger partial charge in [-0.2, -0.15) is 0 Å². The predicted octanol–water partition coefficient (Wildman–Crippen LogP) is 3.75. The summed E-state index contributed by atoms with van der Waals surface area (Å²) < 4.78 is 1.11. The van der Waals surface area contributed by atoms with Crippen molar-refractivity contribution in [1.82, 2.24) is 0 Å². The Morgan fingerprint density at radius 2 is 2.20 bits per heavy atom. The third-order valence-corrected chi connectivity index (χ3v) is 3.18. The first-order valence-corrected chi connectivity index (χ1v) is 6.11. The summed E-state index contributed by atoms with van der Waals surface area (Å²) in [5.41, 5.74) is 2.37. The van der Waals surface area contributed by atoms with Crippen molar-refractivity contribution in [2.75, 3.05) is 11.9 Å². The zero-order chi connectivity index (χ0) is 10.7. The van der Waals surface area contributed by atoms with Gasteiger partial charge in [0.05, 0.1) is 5.69 Å². The summed E-state index contributed by atoms with van der Waals surface area (Å²) in [6.45, 7) is 3.05. The van der Waals surface area contributed by atoms with Gasteiger partial charge in [0, 0.05) is 17.4 Å². The van der Waals surface area contributed by atoms with E-state index in [2.05, 4.69) is 51.4 Å². The average Bonchev–Trinajstić information content (AvgIpc) is 2.24. The molecule has 1 N–H and O–H groups in total. The van der Waals surface area contributed by atoms with Crippen LogP contribution in [-0.2, 0) is 0 Å². The molecule has 3 heteroatoms. The molecule has 0 saturated carbocycles. The summed E-state index contributed by atoms with van der Waals surface area (Å²) in [4.78, 5) is 4.47. The van der Waals surface area contributed by atoms with Crippen LogP contribution in [0.3, 0.4) is 0 Å². The molecule has 0 aromatic heterocycles. The lowest BCUT2D eigenvalue weighted by atomic mass is 10.1. The number of benzene rings is 1. The van der Waals surface area contributed by atoms with E-state index in [0.717, 1.165) is 29.0 Å². The lowest BCUT2D eigenvalue weighted by Gasteiger charge is -2.15. The van der Waals surface area contributed by atoms with Gasteiger partial charge < -0.3 is 5.32 Å². The molecule has 0 atom stereocenters. The Morgan fingerprint density at radius 3 is 2.87 bits per heavy atom. The lowest BCUT2D eigenvalue weighted by Crippen LogP contribution is -2.16. The number of rotatable bonds is 1. The van der Waals surface area contributed by atoms with Crippen molar-refractivity contribution in [1.29, 1.82) is 0 Å². The van der Waals surface area contributed by atoms with Gasteiger partial charge >= 0.3 is 0 Å². The molecule has 0 fully saturated rings.